The van der Waals surface area contributed by atoms with Gasteiger partial charge in [0.25, 0.3) is 0 Å². The van der Waals surface area contributed by atoms with Gasteiger partial charge in [-0.25, -0.2) is 0 Å². The highest BCUT2D eigenvalue weighted by Crippen LogP contribution is 2.36. The van der Waals surface area contributed by atoms with Crippen LogP contribution in [0.1, 0.15) is 18.4 Å². The Morgan fingerprint density at radius 2 is 1.72 bits per heavy atom. The first-order valence-electron chi connectivity index (χ1n) is 5.61. The van der Waals surface area contributed by atoms with Crippen molar-refractivity contribution in [3.63, 3.8) is 0 Å². The van der Waals surface area contributed by atoms with Crippen LogP contribution in [0.5, 0.6) is 5.75 Å². The molecule has 1 aromatic carbocycles. The molecule has 1 aromatic rings. The van der Waals surface area contributed by atoms with Gasteiger partial charge in [0, 0.05) is 0 Å². The van der Waals surface area contributed by atoms with Gasteiger partial charge in [-0.2, -0.15) is 13.2 Å². The summed E-state index contributed by atoms with van der Waals surface area (Å²) in [4.78, 5) is 0. The highest BCUT2D eigenvalue weighted by atomic mass is 35.5. The van der Waals surface area contributed by atoms with Crippen LogP contribution in [-0.2, 0) is 6.18 Å². The van der Waals surface area contributed by atoms with Gasteiger partial charge in [0.15, 0.2) is 0 Å². The van der Waals surface area contributed by atoms with Crippen molar-refractivity contribution in [3.8, 4) is 5.75 Å². The van der Waals surface area contributed by atoms with Crippen LogP contribution in [0.25, 0.3) is 0 Å². The molecule has 0 aromatic heterocycles. The summed E-state index contributed by atoms with van der Waals surface area (Å²) in [5.74, 6) is -0.0631. The topological polar surface area (TPSA) is 21.3 Å². The van der Waals surface area contributed by atoms with Crippen LogP contribution in [0, 0.1) is 0 Å². The van der Waals surface area contributed by atoms with Crippen molar-refractivity contribution in [2.75, 3.05) is 13.1 Å². The van der Waals surface area contributed by atoms with Gasteiger partial charge < -0.3 is 10.1 Å². The standard InChI is InChI=1S/C12H14F3NO.ClH/c13-12(14,15)10-3-1-2-4-11(10)17-9-5-7-16-8-6-9;/h1-4,9,16H,5-8H2;1H. The second kappa shape index (κ2) is 6.29. The van der Waals surface area contributed by atoms with Crippen molar-refractivity contribution in [2.24, 2.45) is 0 Å². The van der Waals surface area contributed by atoms with Crippen molar-refractivity contribution in [1.82, 2.24) is 5.32 Å². The molecule has 0 aliphatic carbocycles. The van der Waals surface area contributed by atoms with Gasteiger partial charge >= 0.3 is 6.18 Å². The molecule has 2 rings (SSSR count). The van der Waals surface area contributed by atoms with Crippen molar-refractivity contribution in [1.29, 1.82) is 0 Å². The van der Waals surface area contributed by atoms with E-state index in [-0.39, 0.29) is 24.3 Å². The average Bonchev–Trinajstić information content (AvgIpc) is 2.30. The third-order valence-corrected chi connectivity index (χ3v) is 2.77. The van der Waals surface area contributed by atoms with Crippen molar-refractivity contribution >= 4 is 12.4 Å². The molecule has 0 radical (unpaired) electrons. The van der Waals surface area contributed by atoms with Gasteiger partial charge in [-0.3, -0.25) is 0 Å². The number of para-hydroxylation sites is 1. The predicted octanol–water partition coefficient (Wildman–Crippen LogP) is 3.26. The number of hydrogen-bond donors (Lipinski definition) is 1. The molecular weight excluding hydrogens is 267 g/mol. The first-order valence-corrected chi connectivity index (χ1v) is 5.61. The van der Waals surface area contributed by atoms with Gasteiger partial charge in [-0.1, -0.05) is 12.1 Å². The van der Waals surface area contributed by atoms with Crippen molar-refractivity contribution in [3.05, 3.63) is 29.8 Å². The van der Waals surface area contributed by atoms with E-state index in [1.165, 1.54) is 12.1 Å². The molecule has 0 unspecified atom stereocenters. The fourth-order valence-electron chi connectivity index (χ4n) is 1.90. The quantitative estimate of drug-likeness (QED) is 0.898. The third-order valence-electron chi connectivity index (χ3n) is 2.77. The molecule has 6 heteroatoms. The van der Waals surface area contributed by atoms with Crippen LogP contribution in [0.15, 0.2) is 24.3 Å². The lowest BCUT2D eigenvalue weighted by atomic mass is 10.1. The van der Waals surface area contributed by atoms with E-state index < -0.39 is 11.7 Å². The summed E-state index contributed by atoms with van der Waals surface area (Å²) in [6.07, 6.45) is -3.00. The fraction of sp³-hybridized carbons (Fsp3) is 0.500. The molecule has 1 aliphatic heterocycles. The molecule has 18 heavy (non-hydrogen) atoms. The maximum Gasteiger partial charge on any atom is 0.419 e. The number of halogens is 4. The Morgan fingerprint density at radius 1 is 1.11 bits per heavy atom. The first kappa shape index (κ1) is 15.1. The zero-order chi connectivity index (χ0) is 12.3. The Hall–Kier alpha value is -0.940. The molecule has 0 amide bonds. The maximum absolute atomic E-state index is 12.7. The van der Waals surface area contributed by atoms with Crippen LogP contribution >= 0.6 is 12.4 Å². The highest BCUT2D eigenvalue weighted by molar-refractivity contribution is 5.85. The van der Waals surface area contributed by atoms with Crippen molar-refractivity contribution < 1.29 is 17.9 Å². The molecule has 0 spiro atoms. The Bertz CT molecular complexity index is 378. The third kappa shape index (κ3) is 3.78. The maximum atomic E-state index is 12.7. The monoisotopic (exact) mass is 281 g/mol. The van der Waals surface area contributed by atoms with Gasteiger partial charge in [0.05, 0.1) is 5.56 Å². The Labute approximate surface area is 110 Å². The smallest absolute Gasteiger partial charge is 0.419 e. The van der Waals surface area contributed by atoms with Crippen molar-refractivity contribution in [2.45, 2.75) is 25.1 Å². The number of piperidine rings is 1. The van der Waals surface area contributed by atoms with Crippen LogP contribution in [0.2, 0.25) is 0 Å². The van der Waals surface area contributed by atoms with E-state index in [9.17, 15) is 13.2 Å². The fourth-order valence-corrected chi connectivity index (χ4v) is 1.90. The Balaban J connectivity index is 0.00000162. The normalized spacial score (nSPS) is 17.1. The molecule has 102 valence electrons. The Kier molecular flexibility index (Phi) is 5.28. The van der Waals surface area contributed by atoms with E-state index in [0.29, 0.717) is 0 Å². The van der Waals surface area contributed by atoms with E-state index in [1.807, 2.05) is 0 Å². The summed E-state index contributed by atoms with van der Waals surface area (Å²) in [7, 11) is 0. The van der Waals surface area contributed by atoms with Gasteiger partial charge in [0.1, 0.15) is 11.9 Å². The summed E-state index contributed by atoms with van der Waals surface area (Å²) in [5.41, 5.74) is -0.696. The molecule has 0 bridgehead atoms. The lowest BCUT2D eigenvalue weighted by molar-refractivity contribution is -0.139. The summed E-state index contributed by atoms with van der Waals surface area (Å²) >= 11 is 0. The molecule has 1 N–H and O–H groups in total. The van der Waals surface area contributed by atoms with E-state index in [4.69, 9.17) is 4.74 Å². The van der Waals surface area contributed by atoms with E-state index in [2.05, 4.69) is 5.32 Å². The SMILES string of the molecule is Cl.FC(F)(F)c1ccccc1OC1CCNCC1. The van der Waals surface area contributed by atoms with Crippen LogP contribution in [0.4, 0.5) is 13.2 Å². The number of ether oxygens (including phenoxy) is 1. The second-order valence-corrected chi connectivity index (χ2v) is 4.06. The molecule has 1 heterocycles. The van der Waals surface area contributed by atoms with Crippen LogP contribution in [-0.4, -0.2) is 19.2 Å². The zero-order valence-corrected chi connectivity index (χ0v) is 10.5. The van der Waals surface area contributed by atoms with Gasteiger partial charge in [-0.15, -0.1) is 12.4 Å². The van der Waals surface area contributed by atoms with Gasteiger partial charge in [-0.05, 0) is 38.1 Å². The summed E-state index contributed by atoms with van der Waals surface area (Å²) in [6, 6.07) is 5.37. The summed E-state index contributed by atoms with van der Waals surface area (Å²) in [5, 5.41) is 3.14. The minimum absolute atomic E-state index is 0. The molecule has 0 saturated carbocycles. The van der Waals surface area contributed by atoms with Crippen LogP contribution < -0.4 is 10.1 Å². The number of alkyl halides is 3. The molecule has 0 atom stereocenters. The molecule has 1 saturated heterocycles. The number of rotatable bonds is 2. The number of nitrogens with one attached hydrogen (secondary N) is 1. The van der Waals surface area contributed by atoms with E-state index >= 15 is 0 Å². The Morgan fingerprint density at radius 3 is 2.33 bits per heavy atom. The van der Waals surface area contributed by atoms with Crippen LogP contribution in [0.3, 0.4) is 0 Å². The molecule has 2 nitrogen and oxygen atoms in total. The molecule has 1 fully saturated rings. The predicted molar refractivity (Wildman–Crippen MR) is 65.2 cm³/mol. The zero-order valence-electron chi connectivity index (χ0n) is 9.67. The minimum atomic E-state index is -4.36. The average molecular weight is 282 g/mol. The largest absolute Gasteiger partial charge is 0.490 e. The van der Waals surface area contributed by atoms with E-state index in [0.717, 1.165) is 32.0 Å². The first-order chi connectivity index (χ1) is 8.07. The van der Waals surface area contributed by atoms with Gasteiger partial charge in [0.2, 0.25) is 0 Å². The lowest BCUT2D eigenvalue weighted by Gasteiger charge is -2.25. The summed E-state index contributed by atoms with van der Waals surface area (Å²) in [6.45, 7) is 1.58. The molecule has 1 aliphatic rings. The minimum Gasteiger partial charge on any atom is -0.490 e. The van der Waals surface area contributed by atoms with E-state index in [1.54, 1.807) is 6.07 Å². The molecular formula is C12H15ClF3NO. The lowest BCUT2D eigenvalue weighted by Crippen LogP contribution is -2.34. The second-order valence-electron chi connectivity index (χ2n) is 4.06. The number of benzene rings is 1. The highest BCUT2D eigenvalue weighted by Gasteiger charge is 2.34. The summed E-state index contributed by atoms with van der Waals surface area (Å²) < 4.78 is 43.6. The number of hydrogen-bond acceptors (Lipinski definition) is 2.